The molecule has 0 radical (unpaired) electrons. The van der Waals surface area contributed by atoms with E-state index in [0.29, 0.717) is 22.0 Å². The Morgan fingerprint density at radius 2 is 1.73 bits per heavy atom. The zero-order chi connectivity index (χ0) is 24.1. The fraction of sp³-hybridized carbons (Fsp3) is 0.238. The highest BCUT2D eigenvalue weighted by atomic mass is 32.2. The first-order valence-corrected chi connectivity index (χ1v) is 11.2. The predicted molar refractivity (Wildman–Crippen MR) is 112 cm³/mol. The number of aromatic nitrogens is 2. The van der Waals surface area contributed by atoms with Gasteiger partial charge in [-0.3, -0.25) is 4.79 Å². The molecular weight excluding hydrogens is 463 g/mol. The van der Waals surface area contributed by atoms with Crippen molar-refractivity contribution in [3.8, 4) is 5.69 Å². The minimum atomic E-state index is -4.57. The summed E-state index contributed by atoms with van der Waals surface area (Å²) in [6.07, 6.45) is -3.39. The lowest BCUT2D eigenvalue weighted by molar-refractivity contribution is -0.141. The zero-order valence-electron chi connectivity index (χ0n) is 17.3. The molecule has 0 bridgehead atoms. The molecule has 0 aliphatic carbocycles. The number of rotatable bonds is 6. The number of nitrogens with zero attached hydrogens (tertiary/aromatic N) is 2. The molecular formula is C21H18F3N3O5S. The summed E-state index contributed by atoms with van der Waals surface area (Å²) in [6.45, 7) is 3.16. The SMILES string of the molecule is CC(C)[C@H](NS(=O)(=O)c1ccc2c(c1)oc1cc(-n3ccc(C(F)(F)F)n3)ccc12)C(=O)O. The van der Waals surface area contributed by atoms with Crippen molar-refractivity contribution in [2.75, 3.05) is 0 Å². The molecule has 4 aromatic rings. The molecule has 2 N–H and O–H groups in total. The summed E-state index contributed by atoms with van der Waals surface area (Å²) in [5.41, 5.74) is -0.166. The molecule has 0 amide bonds. The Morgan fingerprint density at radius 3 is 2.30 bits per heavy atom. The van der Waals surface area contributed by atoms with E-state index in [1.165, 1.54) is 30.5 Å². The van der Waals surface area contributed by atoms with Crippen molar-refractivity contribution in [2.45, 2.75) is 31.0 Å². The van der Waals surface area contributed by atoms with Crippen LogP contribution < -0.4 is 4.72 Å². The van der Waals surface area contributed by atoms with E-state index < -0.39 is 39.8 Å². The van der Waals surface area contributed by atoms with Crippen LogP contribution in [-0.2, 0) is 21.0 Å². The Balaban J connectivity index is 1.72. The van der Waals surface area contributed by atoms with Crippen molar-refractivity contribution in [3.63, 3.8) is 0 Å². The maximum absolute atomic E-state index is 12.8. The first-order valence-electron chi connectivity index (χ1n) is 9.71. The molecule has 12 heteroatoms. The monoisotopic (exact) mass is 481 g/mol. The van der Waals surface area contributed by atoms with Gasteiger partial charge >= 0.3 is 12.1 Å². The van der Waals surface area contributed by atoms with Gasteiger partial charge in [0.25, 0.3) is 0 Å². The number of hydrogen-bond donors (Lipinski definition) is 2. The Kier molecular flexibility index (Phi) is 5.45. The number of benzene rings is 2. The number of fused-ring (bicyclic) bond motifs is 3. The first-order chi connectivity index (χ1) is 15.4. The molecule has 0 fully saturated rings. The van der Waals surface area contributed by atoms with Crippen LogP contribution in [0.25, 0.3) is 27.6 Å². The van der Waals surface area contributed by atoms with E-state index in [2.05, 4.69) is 9.82 Å². The molecule has 1 atom stereocenters. The maximum atomic E-state index is 12.8. The number of hydrogen-bond acceptors (Lipinski definition) is 5. The lowest BCUT2D eigenvalue weighted by Crippen LogP contribution is -2.44. The number of carbonyl (C=O) groups is 1. The van der Waals surface area contributed by atoms with E-state index >= 15 is 0 Å². The van der Waals surface area contributed by atoms with Crippen molar-refractivity contribution in [1.82, 2.24) is 14.5 Å². The largest absolute Gasteiger partial charge is 0.480 e. The smallest absolute Gasteiger partial charge is 0.435 e. The molecule has 2 aromatic carbocycles. The van der Waals surface area contributed by atoms with E-state index in [0.717, 1.165) is 10.7 Å². The molecule has 0 saturated carbocycles. The average Bonchev–Trinajstić information content (AvgIpc) is 3.35. The molecule has 0 saturated heterocycles. The van der Waals surface area contributed by atoms with Gasteiger partial charge < -0.3 is 9.52 Å². The van der Waals surface area contributed by atoms with E-state index in [1.54, 1.807) is 26.0 Å². The molecule has 0 aliphatic heterocycles. The van der Waals surface area contributed by atoms with Crippen LogP contribution in [0.2, 0.25) is 0 Å². The van der Waals surface area contributed by atoms with Crippen LogP contribution in [0.1, 0.15) is 19.5 Å². The Labute approximate surface area is 185 Å². The van der Waals surface area contributed by atoms with Gasteiger partial charge in [-0.25, -0.2) is 13.1 Å². The van der Waals surface area contributed by atoms with Gasteiger partial charge in [-0.15, -0.1) is 0 Å². The second-order valence-electron chi connectivity index (χ2n) is 7.77. The second-order valence-corrected chi connectivity index (χ2v) is 9.48. The first kappa shape index (κ1) is 22.8. The van der Waals surface area contributed by atoms with Gasteiger partial charge in [-0.1, -0.05) is 13.8 Å². The van der Waals surface area contributed by atoms with Crippen LogP contribution in [-0.4, -0.2) is 35.3 Å². The van der Waals surface area contributed by atoms with Gasteiger partial charge in [0.1, 0.15) is 17.2 Å². The second kappa shape index (κ2) is 7.89. The van der Waals surface area contributed by atoms with Crippen molar-refractivity contribution in [3.05, 3.63) is 54.4 Å². The number of furan rings is 1. The minimum Gasteiger partial charge on any atom is -0.480 e. The molecule has 8 nitrogen and oxygen atoms in total. The third-order valence-electron chi connectivity index (χ3n) is 5.10. The number of halogens is 3. The lowest BCUT2D eigenvalue weighted by atomic mass is 10.1. The van der Waals surface area contributed by atoms with Crippen LogP contribution in [0.4, 0.5) is 13.2 Å². The lowest BCUT2D eigenvalue weighted by Gasteiger charge is -2.17. The van der Waals surface area contributed by atoms with E-state index in [9.17, 15) is 31.5 Å². The molecule has 174 valence electrons. The van der Waals surface area contributed by atoms with Gasteiger partial charge in [0.05, 0.1) is 10.6 Å². The Hall–Kier alpha value is -3.38. The summed E-state index contributed by atoms with van der Waals surface area (Å²) in [7, 11) is -4.15. The number of alkyl halides is 3. The summed E-state index contributed by atoms with van der Waals surface area (Å²) in [4.78, 5) is 11.2. The van der Waals surface area contributed by atoms with Crippen molar-refractivity contribution >= 4 is 37.9 Å². The average molecular weight is 481 g/mol. The summed E-state index contributed by atoms with van der Waals surface area (Å²) in [6, 6.07) is 8.37. The van der Waals surface area contributed by atoms with Gasteiger partial charge in [-0.05, 0) is 36.2 Å². The molecule has 0 spiro atoms. The van der Waals surface area contributed by atoms with Crippen LogP contribution in [0.3, 0.4) is 0 Å². The highest BCUT2D eigenvalue weighted by Crippen LogP contribution is 2.32. The number of carboxylic acid groups (broad SMARTS) is 1. The fourth-order valence-corrected chi connectivity index (χ4v) is 4.73. The van der Waals surface area contributed by atoms with Crippen LogP contribution in [0, 0.1) is 5.92 Å². The standard InChI is InChI=1S/C21H18F3N3O5S/c1-11(2)19(20(28)29)26-33(30,31)13-4-6-15-14-5-3-12(9-16(14)32-17(15)10-13)27-8-7-18(25-27)21(22,23)24/h3-11,19,26H,1-2H3,(H,28,29)/t19-/m0/s1. The fourth-order valence-electron chi connectivity index (χ4n) is 3.38. The summed E-state index contributed by atoms with van der Waals surface area (Å²) in [5, 5.41) is 14.0. The van der Waals surface area contributed by atoms with Crippen LogP contribution in [0.15, 0.2) is 58.0 Å². The Bertz CT molecular complexity index is 1470. The number of aliphatic carboxylic acids is 1. The van der Waals surface area contributed by atoms with E-state index in [1.807, 2.05) is 0 Å². The van der Waals surface area contributed by atoms with E-state index in [4.69, 9.17) is 4.42 Å². The van der Waals surface area contributed by atoms with Crippen LogP contribution in [0.5, 0.6) is 0 Å². The maximum Gasteiger partial charge on any atom is 0.435 e. The molecule has 2 heterocycles. The third-order valence-corrected chi connectivity index (χ3v) is 6.54. The number of carboxylic acids is 1. The van der Waals surface area contributed by atoms with Crippen LogP contribution >= 0.6 is 0 Å². The molecule has 4 rings (SSSR count). The summed E-state index contributed by atoms with van der Waals surface area (Å²) >= 11 is 0. The van der Waals surface area contributed by atoms with E-state index in [-0.39, 0.29) is 10.5 Å². The quantitative estimate of drug-likeness (QED) is 0.427. The van der Waals surface area contributed by atoms with Crippen molar-refractivity contribution in [1.29, 1.82) is 0 Å². The highest BCUT2D eigenvalue weighted by Gasteiger charge is 2.33. The normalized spacial score (nSPS) is 13.8. The van der Waals surface area contributed by atoms with Gasteiger partial charge in [0.2, 0.25) is 10.0 Å². The van der Waals surface area contributed by atoms with Gasteiger partial charge in [0.15, 0.2) is 5.69 Å². The van der Waals surface area contributed by atoms with Gasteiger partial charge in [0, 0.05) is 29.1 Å². The van der Waals surface area contributed by atoms with Crippen molar-refractivity contribution < 1.29 is 35.9 Å². The zero-order valence-corrected chi connectivity index (χ0v) is 18.1. The molecule has 0 aliphatic rings. The van der Waals surface area contributed by atoms with Crippen molar-refractivity contribution in [2.24, 2.45) is 5.92 Å². The van der Waals surface area contributed by atoms with Gasteiger partial charge in [-0.2, -0.15) is 23.0 Å². The minimum absolute atomic E-state index is 0.178. The number of nitrogens with one attached hydrogen (secondary N) is 1. The Morgan fingerprint density at radius 1 is 1.09 bits per heavy atom. The molecule has 33 heavy (non-hydrogen) atoms. The highest BCUT2D eigenvalue weighted by molar-refractivity contribution is 7.89. The third kappa shape index (κ3) is 4.31. The summed E-state index contributed by atoms with van der Waals surface area (Å²) < 4.78 is 72.9. The molecule has 0 unspecified atom stereocenters. The summed E-state index contributed by atoms with van der Waals surface area (Å²) in [5.74, 6) is -1.77. The molecule has 2 aromatic heterocycles. The predicted octanol–water partition coefficient (Wildman–Crippen LogP) is 4.18. The number of sulfonamides is 1. The topological polar surface area (TPSA) is 114 Å².